The van der Waals surface area contributed by atoms with E-state index in [2.05, 4.69) is 25.1 Å². The SMILES string of the molecule is CC(C)NS(=O)(=O)CCNc1nc(Cl)nc2cc(Cl)nn12. The zero-order valence-electron chi connectivity index (χ0n) is 11.3. The molecule has 0 aliphatic carbocycles. The molecule has 2 heterocycles. The first-order chi connectivity index (χ1) is 9.77. The second-order valence-corrected chi connectivity index (χ2v) is 7.17. The highest BCUT2D eigenvalue weighted by Gasteiger charge is 2.13. The lowest BCUT2D eigenvalue weighted by Crippen LogP contribution is -2.34. The van der Waals surface area contributed by atoms with Gasteiger partial charge in [-0.25, -0.2) is 13.1 Å². The summed E-state index contributed by atoms with van der Waals surface area (Å²) in [5.74, 6) is 0.167. The van der Waals surface area contributed by atoms with Gasteiger partial charge in [0.2, 0.25) is 21.3 Å². The molecule has 0 aliphatic heterocycles. The van der Waals surface area contributed by atoms with Gasteiger partial charge in [0.05, 0.1) is 5.75 Å². The number of halogens is 2. The summed E-state index contributed by atoms with van der Waals surface area (Å²) in [5.41, 5.74) is 0.422. The highest BCUT2D eigenvalue weighted by Crippen LogP contribution is 2.15. The lowest BCUT2D eigenvalue weighted by molar-refractivity contribution is 0.570. The third kappa shape index (κ3) is 4.40. The molecule has 2 N–H and O–H groups in total. The molecule has 0 saturated heterocycles. The lowest BCUT2D eigenvalue weighted by atomic mass is 10.4. The van der Waals surface area contributed by atoms with E-state index in [9.17, 15) is 8.42 Å². The van der Waals surface area contributed by atoms with Crippen molar-refractivity contribution < 1.29 is 8.42 Å². The third-order valence-corrected chi connectivity index (χ3v) is 4.26. The van der Waals surface area contributed by atoms with E-state index in [-0.39, 0.29) is 34.7 Å². The van der Waals surface area contributed by atoms with Gasteiger partial charge in [-0.05, 0) is 25.4 Å². The van der Waals surface area contributed by atoms with Gasteiger partial charge in [-0.1, -0.05) is 11.6 Å². The van der Waals surface area contributed by atoms with Crippen molar-refractivity contribution >= 4 is 44.8 Å². The van der Waals surface area contributed by atoms with Gasteiger partial charge in [-0.3, -0.25) is 0 Å². The van der Waals surface area contributed by atoms with Crippen LogP contribution in [0.5, 0.6) is 0 Å². The van der Waals surface area contributed by atoms with Crippen molar-refractivity contribution in [1.29, 1.82) is 0 Å². The summed E-state index contributed by atoms with van der Waals surface area (Å²) in [5, 5.41) is 7.10. The number of nitrogens with one attached hydrogen (secondary N) is 2. The minimum Gasteiger partial charge on any atom is -0.353 e. The molecular weight excluding hydrogens is 339 g/mol. The van der Waals surface area contributed by atoms with E-state index in [0.717, 1.165) is 0 Å². The lowest BCUT2D eigenvalue weighted by Gasteiger charge is -2.10. The minimum atomic E-state index is -3.35. The normalized spacial score (nSPS) is 12.2. The molecule has 11 heteroatoms. The third-order valence-electron chi connectivity index (χ3n) is 2.34. The molecule has 0 aliphatic rings. The zero-order valence-corrected chi connectivity index (χ0v) is 13.7. The Balaban J connectivity index is 2.10. The van der Waals surface area contributed by atoms with Gasteiger partial charge in [0, 0.05) is 18.7 Å². The molecule has 0 bridgehead atoms. The highest BCUT2D eigenvalue weighted by atomic mass is 35.5. The van der Waals surface area contributed by atoms with Crippen LogP contribution in [0.2, 0.25) is 10.4 Å². The van der Waals surface area contributed by atoms with Crippen LogP contribution in [0.3, 0.4) is 0 Å². The Morgan fingerprint density at radius 3 is 2.71 bits per heavy atom. The summed E-state index contributed by atoms with van der Waals surface area (Å²) in [6.07, 6.45) is 0. The van der Waals surface area contributed by atoms with Crippen molar-refractivity contribution in [1.82, 2.24) is 24.3 Å². The van der Waals surface area contributed by atoms with Crippen LogP contribution in [-0.2, 0) is 10.0 Å². The summed E-state index contributed by atoms with van der Waals surface area (Å²) >= 11 is 11.6. The fraction of sp³-hybridized carbons (Fsp3) is 0.500. The summed E-state index contributed by atoms with van der Waals surface area (Å²) in [7, 11) is -3.35. The van der Waals surface area contributed by atoms with Crippen molar-refractivity contribution in [2.24, 2.45) is 0 Å². The fourth-order valence-electron chi connectivity index (χ4n) is 1.66. The van der Waals surface area contributed by atoms with Crippen LogP contribution in [0.1, 0.15) is 13.8 Å². The van der Waals surface area contributed by atoms with Crippen molar-refractivity contribution in [3.05, 3.63) is 16.5 Å². The molecule has 0 unspecified atom stereocenters. The molecule has 0 atom stereocenters. The largest absolute Gasteiger partial charge is 0.353 e. The Kier molecular flexibility index (Phi) is 4.87. The van der Waals surface area contributed by atoms with Crippen LogP contribution >= 0.6 is 23.2 Å². The number of rotatable bonds is 6. The second-order valence-electron chi connectivity index (χ2n) is 4.57. The summed E-state index contributed by atoms with van der Waals surface area (Å²) in [4.78, 5) is 7.92. The van der Waals surface area contributed by atoms with Gasteiger partial charge in [-0.15, -0.1) is 0 Å². The van der Waals surface area contributed by atoms with E-state index in [1.165, 1.54) is 10.6 Å². The van der Waals surface area contributed by atoms with Crippen LogP contribution in [0.25, 0.3) is 5.65 Å². The maximum atomic E-state index is 11.7. The molecule has 0 saturated carbocycles. The van der Waals surface area contributed by atoms with Gasteiger partial charge in [-0.2, -0.15) is 19.6 Å². The molecule has 0 aromatic carbocycles. The molecule has 0 radical (unpaired) electrons. The number of fused-ring (bicyclic) bond motifs is 1. The average Bonchev–Trinajstić information content (AvgIpc) is 2.67. The molecule has 0 fully saturated rings. The topological polar surface area (TPSA) is 101 Å². The Morgan fingerprint density at radius 2 is 2.05 bits per heavy atom. The molecule has 0 amide bonds. The second kappa shape index (κ2) is 6.30. The van der Waals surface area contributed by atoms with Gasteiger partial charge in [0.15, 0.2) is 10.8 Å². The maximum Gasteiger partial charge on any atom is 0.228 e. The molecule has 0 spiro atoms. The van der Waals surface area contributed by atoms with Crippen molar-refractivity contribution in [3.8, 4) is 0 Å². The Labute approximate surface area is 131 Å². The number of aromatic nitrogens is 4. The van der Waals surface area contributed by atoms with Crippen molar-refractivity contribution in [2.45, 2.75) is 19.9 Å². The van der Waals surface area contributed by atoms with Crippen LogP contribution in [0, 0.1) is 0 Å². The van der Waals surface area contributed by atoms with Crippen LogP contribution < -0.4 is 10.0 Å². The highest BCUT2D eigenvalue weighted by molar-refractivity contribution is 7.89. The Morgan fingerprint density at radius 1 is 1.33 bits per heavy atom. The number of sulfonamides is 1. The van der Waals surface area contributed by atoms with Crippen LogP contribution in [0.4, 0.5) is 5.95 Å². The van der Waals surface area contributed by atoms with E-state index in [4.69, 9.17) is 23.2 Å². The van der Waals surface area contributed by atoms with Crippen molar-refractivity contribution in [2.75, 3.05) is 17.6 Å². The van der Waals surface area contributed by atoms with Crippen molar-refractivity contribution in [3.63, 3.8) is 0 Å². The first-order valence-electron chi connectivity index (χ1n) is 6.09. The minimum absolute atomic E-state index is 0.0183. The quantitative estimate of drug-likeness (QED) is 0.809. The number of hydrogen-bond acceptors (Lipinski definition) is 6. The Bertz CT molecular complexity index is 745. The predicted octanol–water partition coefficient (Wildman–Crippen LogP) is 1.17. The number of nitrogens with zero attached hydrogens (tertiary/aromatic N) is 4. The zero-order chi connectivity index (χ0) is 15.6. The molecular formula is C10H14Cl2N6O2S. The molecule has 2 aromatic rings. The fourth-order valence-corrected chi connectivity index (χ4v) is 3.21. The molecule has 2 rings (SSSR count). The number of anilines is 1. The van der Waals surface area contributed by atoms with Crippen LogP contribution in [0.15, 0.2) is 6.07 Å². The summed E-state index contributed by atoms with van der Waals surface area (Å²) < 4.78 is 27.3. The maximum absolute atomic E-state index is 11.7. The van der Waals surface area contributed by atoms with E-state index in [1.54, 1.807) is 13.8 Å². The van der Waals surface area contributed by atoms with Gasteiger partial charge in [0.1, 0.15) is 0 Å². The summed E-state index contributed by atoms with van der Waals surface area (Å²) in [6.45, 7) is 3.65. The van der Waals surface area contributed by atoms with E-state index < -0.39 is 10.0 Å². The summed E-state index contributed by atoms with van der Waals surface area (Å²) in [6, 6.07) is 1.37. The van der Waals surface area contributed by atoms with E-state index >= 15 is 0 Å². The molecule has 2 aromatic heterocycles. The molecule has 21 heavy (non-hydrogen) atoms. The first-order valence-corrected chi connectivity index (χ1v) is 8.50. The standard InChI is InChI=1S/C10H14Cl2N6O2S/c1-6(2)17-21(19,20)4-3-13-10-15-9(12)14-8-5-7(11)16-18(8)10/h5-6,17H,3-4H2,1-2H3,(H,13,14,15). The van der Waals surface area contributed by atoms with Gasteiger partial charge in [0.25, 0.3) is 0 Å². The van der Waals surface area contributed by atoms with Gasteiger partial charge < -0.3 is 5.32 Å². The molecule has 8 nitrogen and oxygen atoms in total. The monoisotopic (exact) mass is 352 g/mol. The molecule has 116 valence electrons. The first kappa shape index (κ1) is 16.2. The smallest absolute Gasteiger partial charge is 0.228 e. The number of hydrogen-bond donors (Lipinski definition) is 2. The predicted molar refractivity (Wildman–Crippen MR) is 81.4 cm³/mol. The Hall–Kier alpha value is -1.16. The van der Waals surface area contributed by atoms with Gasteiger partial charge >= 0.3 is 0 Å². The van der Waals surface area contributed by atoms with E-state index in [0.29, 0.717) is 5.65 Å². The van der Waals surface area contributed by atoms with Crippen LogP contribution in [-0.4, -0.2) is 46.3 Å². The average molecular weight is 353 g/mol. The van der Waals surface area contributed by atoms with E-state index in [1.807, 2.05) is 0 Å².